The lowest BCUT2D eigenvalue weighted by Crippen LogP contribution is -2.57. The van der Waals surface area contributed by atoms with Gasteiger partial charge in [0.25, 0.3) is 11.5 Å². The zero-order chi connectivity index (χ0) is 25.3. The van der Waals surface area contributed by atoms with E-state index in [-0.39, 0.29) is 42.0 Å². The predicted molar refractivity (Wildman–Crippen MR) is 120 cm³/mol. The normalized spacial score (nSPS) is 19.0. The van der Waals surface area contributed by atoms with Crippen molar-refractivity contribution in [3.63, 3.8) is 0 Å². The van der Waals surface area contributed by atoms with Crippen LogP contribution in [0.5, 0.6) is 5.75 Å². The molecule has 32 heavy (non-hydrogen) atoms. The number of hydrogen-bond donors (Lipinski definition) is 2. The average Bonchev–Trinajstić information content (AvgIpc) is 2.83. The number of hydrogen-bond acceptors (Lipinski definition) is 5. The lowest BCUT2D eigenvalue weighted by atomic mass is 9.97. The van der Waals surface area contributed by atoms with Gasteiger partial charge in [-0.3, -0.25) is 14.4 Å². The summed E-state index contributed by atoms with van der Waals surface area (Å²) < 4.78 is 34.6. The van der Waals surface area contributed by atoms with Crippen LogP contribution in [-0.4, -0.2) is 53.6 Å². The number of aromatic nitrogens is 1. The molecule has 1 saturated heterocycles. The summed E-state index contributed by atoms with van der Waals surface area (Å²) in [6, 6.07) is 10.5. The Hall–Kier alpha value is -3.65. The SMILES string of the molecule is [2H]C([2H])([2H])c1ccccc1-c1c[nH]c(=O)c2cc(O[C@H](C)C(=O)N3CCOC[C@@H]3C(N)=O)ccc12. The molecule has 2 atom stereocenters. The fourth-order valence-electron chi connectivity index (χ4n) is 3.84. The monoisotopic (exact) mass is 438 g/mol. The topological polar surface area (TPSA) is 115 Å². The number of H-pyrrole nitrogens is 1. The van der Waals surface area contributed by atoms with Gasteiger partial charge < -0.3 is 25.1 Å². The molecule has 8 heteroatoms. The second kappa shape index (κ2) is 8.84. The van der Waals surface area contributed by atoms with Gasteiger partial charge in [0.05, 0.1) is 18.6 Å². The Morgan fingerprint density at radius 1 is 1.25 bits per heavy atom. The van der Waals surface area contributed by atoms with Crippen LogP contribution in [0, 0.1) is 6.85 Å². The number of fused-ring (bicyclic) bond motifs is 1. The van der Waals surface area contributed by atoms with Crippen molar-refractivity contribution in [1.82, 2.24) is 9.88 Å². The molecule has 0 spiro atoms. The number of nitrogens with two attached hydrogens (primary N) is 1. The lowest BCUT2D eigenvalue weighted by Gasteiger charge is -2.35. The maximum absolute atomic E-state index is 12.9. The minimum absolute atomic E-state index is 0.0274. The van der Waals surface area contributed by atoms with E-state index in [2.05, 4.69) is 4.98 Å². The van der Waals surface area contributed by atoms with Crippen molar-refractivity contribution < 1.29 is 23.2 Å². The molecule has 1 aliphatic heterocycles. The second-order valence-electron chi connectivity index (χ2n) is 7.57. The Labute approximate surface area is 189 Å². The molecule has 2 amide bonds. The summed E-state index contributed by atoms with van der Waals surface area (Å²) in [5.41, 5.74) is 6.22. The molecule has 8 nitrogen and oxygen atoms in total. The van der Waals surface area contributed by atoms with Crippen molar-refractivity contribution in [2.45, 2.75) is 25.9 Å². The second-order valence-corrected chi connectivity index (χ2v) is 7.57. The smallest absolute Gasteiger partial charge is 0.264 e. The van der Waals surface area contributed by atoms with Crippen LogP contribution in [0.15, 0.2) is 53.5 Å². The van der Waals surface area contributed by atoms with Crippen LogP contribution in [-0.2, 0) is 14.3 Å². The van der Waals surface area contributed by atoms with Gasteiger partial charge in [0.15, 0.2) is 6.10 Å². The molecule has 0 bridgehead atoms. The van der Waals surface area contributed by atoms with Crippen LogP contribution in [0.25, 0.3) is 21.9 Å². The Morgan fingerprint density at radius 2 is 2.06 bits per heavy atom. The summed E-state index contributed by atoms with van der Waals surface area (Å²) in [7, 11) is 0. The molecule has 166 valence electrons. The first-order chi connectivity index (χ1) is 16.6. The van der Waals surface area contributed by atoms with E-state index in [9.17, 15) is 14.4 Å². The summed E-state index contributed by atoms with van der Waals surface area (Å²) in [5.74, 6) is -0.812. The molecule has 0 radical (unpaired) electrons. The number of carbonyl (C=O) groups is 2. The fraction of sp³-hybridized carbons (Fsp3) is 0.292. The highest BCUT2D eigenvalue weighted by Gasteiger charge is 2.34. The third-order valence-corrected chi connectivity index (χ3v) is 5.49. The predicted octanol–water partition coefficient (Wildman–Crippen LogP) is 1.98. The summed E-state index contributed by atoms with van der Waals surface area (Å²) in [4.78, 5) is 41.3. The van der Waals surface area contributed by atoms with Crippen LogP contribution >= 0.6 is 0 Å². The number of ether oxygens (including phenoxy) is 2. The first-order valence-electron chi connectivity index (χ1n) is 11.7. The molecular weight excluding hydrogens is 410 g/mol. The summed E-state index contributed by atoms with van der Waals surface area (Å²) in [5, 5.41) is 0.820. The first kappa shape index (κ1) is 18.0. The van der Waals surface area contributed by atoms with Crippen LogP contribution in [0.2, 0.25) is 0 Å². The van der Waals surface area contributed by atoms with E-state index < -0.39 is 30.8 Å². The number of pyridine rings is 1. The molecule has 2 heterocycles. The molecular formula is C24H25N3O5. The van der Waals surface area contributed by atoms with E-state index >= 15 is 0 Å². The highest BCUT2D eigenvalue weighted by Crippen LogP contribution is 2.30. The van der Waals surface area contributed by atoms with Crippen LogP contribution in [0.3, 0.4) is 0 Å². The Morgan fingerprint density at radius 3 is 2.84 bits per heavy atom. The maximum atomic E-state index is 12.9. The molecule has 3 N–H and O–H groups in total. The van der Waals surface area contributed by atoms with Gasteiger partial charge in [-0.25, -0.2) is 0 Å². The number of rotatable bonds is 5. The van der Waals surface area contributed by atoms with Crippen molar-refractivity contribution in [3.05, 3.63) is 64.6 Å². The molecule has 1 aromatic heterocycles. The number of carbonyl (C=O) groups excluding carboxylic acids is 2. The van der Waals surface area contributed by atoms with Gasteiger partial charge in [-0.1, -0.05) is 24.3 Å². The van der Waals surface area contributed by atoms with Gasteiger partial charge in [0.1, 0.15) is 11.8 Å². The number of nitrogens with one attached hydrogen (secondary N) is 1. The Bertz CT molecular complexity index is 1340. The summed E-state index contributed by atoms with van der Waals surface area (Å²) in [6.07, 6.45) is 0.538. The molecule has 0 aliphatic carbocycles. The van der Waals surface area contributed by atoms with Crippen molar-refractivity contribution in [2.24, 2.45) is 5.73 Å². The van der Waals surface area contributed by atoms with E-state index in [1.54, 1.807) is 37.3 Å². The summed E-state index contributed by atoms with van der Waals surface area (Å²) >= 11 is 0. The van der Waals surface area contributed by atoms with Gasteiger partial charge in [-0.05, 0) is 48.5 Å². The van der Waals surface area contributed by atoms with Crippen molar-refractivity contribution >= 4 is 22.6 Å². The summed E-state index contributed by atoms with van der Waals surface area (Å²) in [6.45, 7) is -0.259. The quantitative estimate of drug-likeness (QED) is 0.632. The Balaban J connectivity index is 1.66. The van der Waals surface area contributed by atoms with E-state index in [1.807, 2.05) is 0 Å². The van der Waals surface area contributed by atoms with Crippen molar-refractivity contribution in [1.29, 1.82) is 0 Å². The number of aryl methyl sites for hydroxylation is 1. The van der Waals surface area contributed by atoms with Crippen LogP contribution < -0.4 is 16.0 Å². The number of amides is 2. The van der Waals surface area contributed by atoms with Gasteiger partial charge in [0.2, 0.25) is 5.91 Å². The van der Waals surface area contributed by atoms with Gasteiger partial charge in [-0.2, -0.15) is 0 Å². The molecule has 1 fully saturated rings. The van der Waals surface area contributed by atoms with Crippen LogP contribution in [0.1, 0.15) is 16.6 Å². The molecule has 0 saturated carbocycles. The van der Waals surface area contributed by atoms with Gasteiger partial charge in [0, 0.05) is 22.4 Å². The van der Waals surface area contributed by atoms with E-state index in [4.69, 9.17) is 19.3 Å². The Kier molecular flexibility index (Phi) is 4.96. The van der Waals surface area contributed by atoms with E-state index in [0.29, 0.717) is 16.5 Å². The highest BCUT2D eigenvalue weighted by atomic mass is 16.5. The molecule has 3 aromatic rings. The number of benzene rings is 2. The largest absolute Gasteiger partial charge is 0.481 e. The van der Waals surface area contributed by atoms with Gasteiger partial charge >= 0.3 is 0 Å². The number of morpholine rings is 1. The standard InChI is InChI=1S/C24H25N3O5/c1-14-5-3-4-6-17(14)20-12-26-23(29)19-11-16(7-8-18(19)20)32-15(2)24(30)27-9-10-31-13-21(27)22(25)28/h3-8,11-12,15,21H,9-10,13H2,1-2H3,(H2,25,28)(H,26,29)/t15-,21-/m1/s1/i1D3. The van der Waals surface area contributed by atoms with Crippen molar-refractivity contribution in [3.8, 4) is 16.9 Å². The minimum Gasteiger partial charge on any atom is -0.481 e. The number of aromatic amines is 1. The number of nitrogens with zero attached hydrogens (tertiary/aromatic N) is 1. The third-order valence-electron chi connectivity index (χ3n) is 5.49. The third kappa shape index (κ3) is 4.09. The van der Waals surface area contributed by atoms with E-state index in [1.165, 1.54) is 23.2 Å². The average molecular weight is 438 g/mol. The van der Waals surface area contributed by atoms with Crippen molar-refractivity contribution in [2.75, 3.05) is 19.8 Å². The maximum Gasteiger partial charge on any atom is 0.264 e. The van der Waals surface area contributed by atoms with Gasteiger partial charge in [-0.15, -0.1) is 0 Å². The van der Waals surface area contributed by atoms with E-state index in [0.717, 1.165) is 0 Å². The fourth-order valence-corrected chi connectivity index (χ4v) is 3.84. The zero-order valence-corrected chi connectivity index (χ0v) is 17.5. The molecule has 2 aromatic carbocycles. The molecule has 1 aliphatic rings. The first-order valence-corrected chi connectivity index (χ1v) is 10.2. The molecule has 4 rings (SSSR count). The zero-order valence-electron chi connectivity index (χ0n) is 20.5. The molecule has 0 unspecified atom stereocenters. The minimum atomic E-state index is -2.33. The number of primary amides is 1. The highest BCUT2D eigenvalue weighted by molar-refractivity contribution is 5.97. The lowest BCUT2D eigenvalue weighted by molar-refractivity contribution is -0.152. The van der Waals surface area contributed by atoms with Crippen LogP contribution in [0.4, 0.5) is 0 Å².